The van der Waals surface area contributed by atoms with E-state index in [1.54, 1.807) is 18.8 Å². The number of imidazole rings is 1. The summed E-state index contributed by atoms with van der Waals surface area (Å²) in [6.45, 7) is 2.96. The van der Waals surface area contributed by atoms with E-state index < -0.39 is 5.69 Å². The molecule has 156 valence electrons. The fraction of sp³-hybridized carbons (Fsp3) is 0.500. The number of benzene rings is 1. The third-order valence-electron chi connectivity index (χ3n) is 5.17. The molecule has 0 atom stereocenters. The zero-order valence-corrected chi connectivity index (χ0v) is 18.1. The molecule has 0 fully saturated rings. The Morgan fingerprint density at radius 1 is 1.00 bits per heavy atom. The molecule has 0 saturated heterocycles. The van der Waals surface area contributed by atoms with Gasteiger partial charge in [0, 0.05) is 19.3 Å². The van der Waals surface area contributed by atoms with Gasteiger partial charge in [0.15, 0.2) is 16.3 Å². The Morgan fingerprint density at radius 3 is 2.41 bits per heavy atom. The zero-order chi connectivity index (χ0) is 20.6. The van der Waals surface area contributed by atoms with E-state index in [1.807, 2.05) is 22.8 Å². The number of hydrogen-bond donors (Lipinski definition) is 1. The number of unbranched alkanes of at least 4 members (excludes halogenated alkanes) is 6. The van der Waals surface area contributed by atoms with E-state index in [9.17, 15) is 9.59 Å². The van der Waals surface area contributed by atoms with Crippen LogP contribution in [0.5, 0.6) is 0 Å². The van der Waals surface area contributed by atoms with Crippen LogP contribution < -0.4 is 11.2 Å². The zero-order valence-electron chi connectivity index (χ0n) is 17.3. The highest BCUT2D eigenvalue weighted by atomic mass is 32.2. The van der Waals surface area contributed by atoms with Gasteiger partial charge in [-0.1, -0.05) is 87.5 Å². The number of rotatable bonds is 11. The Morgan fingerprint density at radius 2 is 1.69 bits per heavy atom. The molecule has 3 aromatic rings. The van der Waals surface area contributed by atoms with Crippen molar-refractivity contribution in [1.29, 1.82) is 0 Å². The van der Waals surface area contributed by atoms with Gasteiger partial charge in [0.2, 0.25) is 0 Å². The lowest BCUT2D eigenvalue weighted by Crippen LogP contribution is -2.29. The monoisotopic (exact) mass is 414 g/mol. The standard InChI is InChI=1S/C22H30N4O2S/c1-3-4-5-6-7-8-12-15-26-18-19(25(2)21(28)24-20(18)27)23-22(26)29-16-17-13-10-9-11-14-17/h9-11,13-14H,3-8,12,15-16H2,1-2H3,(H,24,27,28). The minimum atomic E-state index is -0.428. The summed E-state index contributed by atoms with van der Waals surface area (Å²) in [6, 6.07) is 10.2. The first-order valence-corrected chi connectivity index (χ1v) is 11.5. The Hall–Kier alpha value is -2.28. The largest absolute Gasteiger partial charge is 0.329 e. The van der Waals surface area contributed by atoms with Gasteiger partial charge in [-0.05, 0) is 12.0 Å². The van der Waals surface area contributed by atoms with E-state index in [0.717, 1.165) is 30.3 Å². The molecule has 0 amide bonds. The molecule has 0 unspecified atom stereocenters. The molecule has 0 radical (unpaired) electrons. The highest BCUT2D eigenvalue weighted by Gasteiger charge is 2.17. The number of nitrogens with one attached hydrogen (secondary N) is 1. The molecule has 0 spiro atoms. The molecule has 2 aromatic heterocycles. The summed E-state index contributed by atoms with van der Waals surface area (Å²) >= 11 is 1.61. The molecular weight excluding hydrogens is 384 g/mol. The Balaban J connectivity index is 1.79. The van der Waals surface area contributed by atoms with Gasteiger partial charge in [-0.3, -0.25) is 14.3 Å². The summed E-state index contributed by atoms with van der Waals surface area (Å²) in [6.07, 6.45) is 8.47. The molecule has 0 aliphatic rings. The van der Waals surface area contributed by atoms with Crippen LogP contribution in [0.3, 0.4) is 0 Å². The molecule has 0 aliphatic carbocycles. The van der Waals surface area contributed by atoms with E-state index in [0.29, 0.717) is 11.2 Å². The lowest BCUT2D eigenvalue weighted by molar-refractivity contribution is 0.538. The van der Waals surface area contributed by atoms with Crippen molar-refractivity contribution in [2.45, 2.75) is 69.3 Å². The van der Waals surface area contributed by atoms with Gasteiger partial charge in [-0.2, -0.15) is 0 Å². The number of thioether (sulfide) groups is 1. The molecule has 2 heterocycles. The lowest BCUT2D eigenvalue weighted by atomic mass is 10.1. The number of aromatic amines is 1. The lowest BCUT2D eigenvalue weighted by Gasteiger charge is -2.09. The Kier molecular flexibility index (Phi) is 7.75. The van der Waals surface area contributed by atoms with E-state index >= 15 is 0 Å². The average molecular weight is 415 g/mol. The van der Waals surface area contributed by atoms with Crippen molar-refractivity contribution >= 4 is 22.9 Å². The third-order valence-corrected chi connectivity index (χ3v) is 6.22. The van der Waals surface area contributed by atoms with Crippen LogP contribution >= 0.6 is 11.8 Å². The molecule has 1 N–H and O–H groups in total. The van der Waals surface area contributed by atoms with Gasteiger partial charge in [0.05, 0.1) is 0 Å². The van der Waals surface area contributed by atoms with Gasteiger partial charge in [0.25, 0.3) is 5.56 Å². The van der Waals surface area contributed by atoms with Crippen LogP contribution in [0.15, 0.2) is 45.1 Å². The van der Waals surface area contributed by atoms with Crippen molar-refractivity contribution in [2.75, 3.05) is 0 Å². The second-order valence-corrected chi connectivity index (χ2v) is 8.37. The summed E-state index contributed by atoms with van der Waals surface area (Å²) < 4.78 is 3.41. The predicted molar refractivity (Wildman–Crippen MR) is 120 cm³/mol. The van der Waals surface area contributed by atoms with Crippen LogP contribution in [0.2, 0.25) is 0 Å². The second-order valence-electron chi connectivity index (χ2n) is 7.43. The number of H-pyrrole nitrogens is 1. The Bertz CT molecular complexity index is 1040. The van der Waals surface area contributed by atoms with Crippen LogP contribution in [0.4, 0.5) is 0 Å². The first kappa shape index (κ1) is 21.4. The minimum Gasteiger partial charge on any atom is -0.313 e. The van der Waals surface area contributed by atoms with Crippen LogP contribution in [-0.4, -0.2) is 19.1 Å². The predicted octanol–water partition coefficient (Wildman–Crippen LogP) is 4.47. The van der Waals surface area contributed by atoms with Gasteiger partial charge in [-0.15, -0.1) is 0 Å². The smallest absolute Gasteiger partial charge is 0.313 e. The maximum atomic E-state index is 12.5. The van der Waals surface area contributed by atoms with Gasteiger partial charge >= 0.3 is 5.69 Å². The van der Waals surface area contributed by atoms with Crippen LogP contribution in [0, 0.1) is 0 Å². The van der Waals surface area contributed by atoms with Gasteiger partial charge in [0.1, 0.15) is 0 Å². The van der Waals surface area contributed by atoms with Gasteiger partial charge in [-0.25, -0.2) is 9.78 Å². The number of nitrogens with zero attached hydrogens (tertiary/aromatic N) is 3. The van der Waals surface area contributed by atoms with Crippen molar-refractivity contribution in [3.8, 4) is 0 Å². The summed E-state index contributed by atoms with van der Waals surface area (Å²) in [5, 5.41) is 0.793. The number of aromatic nitrogens is 4. The second kappa shape index (κ2) is 10.5. The highest BCUT2D eigenvalue weighted by Crippen LogP contribution is 2.25. The summed E-state index contributed by atoms with van der Waals surface area (Å²) in [4.78, 5) is 31.6. The van der Waals surface area contributed by atoms with Crippen LogP contribution in [0.25, 0.3) is 11.2 Å². The van der Waals surface area contributed by atoms with Crippen LogP contribution in [0.1, 0.15) is 57.4 Å². The number of hydrogen-bond acceptors (Lipinski definition) is 4. The van der Waals surface area contributed by atoms with E-state index in [2.05, 4.69) is 29.0 Å². The maximum absolute atomic E-state index is 12.5. The average Bonchev–Trinajstić information content (AvgIpc) is 3.10. The topological polar surface area (TPSA) is 72.7 Å². The molecule has 29 heavy (non-hydrogen) atoms. The van der Waals surface area contributed by atoms with E-state index in [4.69, 9.17) is 0 Å². The van der Waals surface area contributed by atoms with Crippen molar-refractivity contribution in [1.82, 2.24) is 19.1 Å². The minimum absolute atomic E-state index is 0.356. The van der Waals surface area contributed by atoms with Crippen molar-refractivity contribution in [3.63, 3.8) is 0 Å². The molecule has 1 aromatic carbocycles. The molecule has 7 heteroatoms. The Labute approximate surface area is 175 Å². The SMILES string of the molecule is CCCCCCCCCn1c(SCc2ccccc2)nc2c1c(=O)[nH]c(=O)n2C. The fourth-order valence-corrected chi connectivity index (χ4v) is 4.46. The highest BCUT2D eigenvalue weighted by molar-refractivity contribution is 7.98. The van der Waals surface area contributed by atoms with E-state index in [1.165, 1.54) is 42.2 Å². The molecule has 0 saturated carbocycles. The first-order valence-electron chi connectivity index (χ1n) is 10.5. The number of fused-ring (bicyclic) bond motifs is 1. The maximum Gasteiger partial charge on any atom is 0.329 e. The molecular formula is C22H30N4O2S. The first-order chi connectivity index (χ1) is 14.1. The fourth-order valence-electron chi connectivity index (χ4n) is 3.48. The van der Waals surface area contributed by atoms with Crippen molar-refractivity contribution in [3.05, 3.63) is 56.7 Å². The van der Waals surface area contributed by atoms with Crippen molar-refractivity contribution < 1.29 is 0 Å². The van der Waals surface area contributed by atoms with Crippen LogP contribution in [-0.2, 0) is 19.3 Å². The summed E-state index contributed by atoms with van der Waals surface area (Å²) in [7, 11) is 1.65. The summed E-state index contributed by atoms with van der Waals surface area (Å²) in [5.41, 5.74) is 1.37. The van der Waals surface area contributed by atoms with Crippen molar-refractivity contribution in [2.24, 2.45) is 7.05 Å². The molecule has 0 aliphatic heterocycles. The van der Waals surface area contributed by atoms with E-state index in [-0.39, 0.29) is 5.56 Å². The summed E-state index contributed by atoms with van der Waals surface area (Å²) in [5.74, 6) is 0.771. The molecule has 6 nitrogen and oxygen atoms in total. The normalized spacial score (nSPS) is 11.4. The number of aryl methyl sites for hydroxylation is 2. The van der Waals surface area contributed by atoms with Gasteiger partial charge < -0.3 is 4.57 Å². The molecule has 0 bridgehead atoms. The molecule has 3 rings (SSSR count). The third kappa shape index (κ3) is 5.41. The quantitative estimate of drug-likeness (QED) is 0.371.